The average Bonchev–Trinajstić information content (AvgIpc) is 3.01. The molecule has 0 aliphatic rings. The van der Waals surface area contributed by atoms with Gasteiger partial charge in [0.15, 0.2) is 0 Å². The zero-order valence-corrected chi connectivity index (χ0v) is 10.1. The molecule has 0 atom stereocenters. The highest BCUT2D eigenvalue weighted by atomic mass is 16.6. The fourth-order valence-electron chi connectivity index (χ4n) is 1.86. The van der Waals surface area contributed by atoms with Crippen molar-refractivity contribution in [1.82, 2.24) is 15.2 Å². The van der Waals surface area contributed by atoms with Crippen molar-refractivity contribution < 1.29 is 9.34 Å². The van der Waals surface area contributed by atoms with Crippen molar-refractivity contribution in [2.24, 2.45) is 0 Å². The molecule has 2 heterocycles. The van der Waals surface area contributed by atoms with E-state index in [0.29, 0.717) is 22.7 Å². The summed E-state index contributed by atoms with van der Waals surface area (Å²) in [6.45, 7) is 0. The second-order valence-electron chi connectivity index (χ2n) is 3.95. The van der Waals surface area contributed by atoms with Crippen LogP contribution in [0.15, 0.2) is 53.4 Å². The van der Waals surface area contributed by atoms with E-state index in [9.17, 15) is 10.1 Å². The maximum atomic E-state index is 11.0. The van der Waals surface area contributed by atoms with Crippen LogP contribution in [-0.4, -0.2) is 20.1 Å². The van der Waals surface area contributed by atoms with Crippen molar-refractivity contribution in [2.75, 3.05) is 0 Å². The number of pyridine rings is 1. The first kappa shape index (κ1) is 12.0. The van der Waals surface area contributed by atoms with Crippen LogP contribution in [0.2, 0.25) is 0 Å². The minimum atomic E-state index is -0.457. The summed E-state index contributed by atoms with van der Waals surface area (Å²) in [6, 6.07) is 9.96. The molecule has 0 aliphatic heterocycles. The molecule has 1 aromatic carbocycles. The van der Waals surface area contributed by atoms with Crippen LogP contribution in [0.25, 0.3) is 22.7 Å². The van der Waals surface area contributed by atoms with Crippen LogP contribution in [0, 0.1) is 10.1 Å². The second-order valence-corrected chi connectivity index (χ2v) is 3.95. The Bertz CT molecular complexity index is 756. The van der Waals surface area contributed by atoms with Crippen molar-refractivity contribution >= 4 is 5.69 Å². The van der Waals surface area contributed by atoms with E-state index in [0.717, 1.165) is 0 Å². The summed E-state index contributed by atoms with van der Waals surface area (Å²) in [5, 5.41) is 18.4. The van der Waals surface area contributed by atoms with Crippen molar-refractivity contribution in [3.8, 4) is 22.7 Å². The molecule has 2 aromatic heterocycles. The van der Waals surface area contributed by atoms with Gasteiger partial charge in [0.2, 0.25) is 12.3 Å². The third-order valence-corrected chi connectivity index (χ3v) is 2.73. The van der Waals surface area contributed by atoms with Gasteiger partial charge in [-0.1, -0.05) is 12.1 Å². The van der Waals surface area contributed by atoms with Crippen molar-refractivity contribution in [3.05, 3.63) is 59.1 Å². The monoisotopic (exact) mass is 268 g/mol. The van der Waals surface area contributed by atoms with Crippen LogP contribution in [0.3, 0.4) is 0 Å². The van der Waals surface area contributed by atoms with E-state index in [1.807, 2.05) is 0 Å². The Hall–Kier alpha value is -3.09. The maximum Gasteiger partial charge on any atom is 0.295 e. The van der Waals surface area contributed by atoms with Gasteiger partial charge in [-0.25, -0.2) is 4.98 Å². The highest BCUT2D eigenvalue weighted by Crippen LogP contribution is 2.29. The van der Waals surface area contributed by atoms with Crippen molar-refractivity contribution in [1.29, 1.82) is 0 Å². The van der Waals surface area contributed by atoms with Gasteiger partial charge in [0, 0.05) is 23.4 Å². The number of hydrogen-bond donors (Lipinski definition) is 0. The number of nitrogens with zero attached hydrogens (tertiary/aromatic N) is 4. The highest BCUT2D eigenvalue weighted by Gasteiger charge is 2.16. The van der Waals surface area contributed by atoms with Gasteiger partial charge in [-0.15, -0.1) is 10.2 Å². The summed E-state index contributed by atoms with van der Waals surface area (Å²) in [7, 11) is 0. The standard InChI is InChI=1S/C13H8N4O3/c18-17(19)11-5-2-6-14-12(11)9-3-1-4-10(7-9)13-16-15-8-20-13/h1-8H. The fourth-order valence-corrected chi connectivity index (χ4v) is 1.86. The first-order valence-corrected chi connectivity index (χ1v) is 5.72. The van der Waals surface area contributed by atoms with E-state index < -0.39 is 4.92 Å². The zero-order valence-electron chi connectivity index (χ0n) is 10.1. The van der Waals surface area contributed by atoms with Crippen LogP contribution in [0.1, 0.15) is 0 Å². The predicted octanol–water partition coefficient (Wildman–Crippen LogP) is 2.71. The van der Waals surface area contributed by atoms with E-state index in [1.54, 1.807) is 24.3 Å². The number of rotatable bonds is 3. The molecule has 0 saturated heterocycles. The van der Waals surface area contributed by atoms with Crippen LogP contribution in [0.5, 0.6) is 0 Å². The van der Waals surface area contributed by atoms with Gasteiger partial charge in [-0.2, -0.15) is 0 Å². The highest BCUT2D eigenvalue weighted by molar-refractivity contribution is 5.73. The van der Waals surface area contributed by atoms with E-state index in [-0.39, 0.29) is 5.69 Å². The average molecular weight is 268 g/mol. The molecular formula is C13H8N4O3. The van der Waals surface area contributed by atoms with Gasteiger partial charge in [0.05, 0.1) is 4.92 Å². The summed E-state index contributed by atoms with van der Waals surface area (Å²) in [5.41, 5.74) is 1.56. The lowest BCUT2D eigenvalue weighted by Gasteiger charge is -2.03. The molecule has 0 amide bonds. The summed E-state index contributed by atoms with van der Waals surface area (Å²) in [5.74, 6) is 0.352. The molecule has 7 heteroatoms. The van der Waals surface area contributed by atoms with Crippen LogP contribution in [0.4, 0.5) is 5.69 Å². The molecule has 0 fully saturated rings. The predicted molar refractivity (Wildman–Crippen MR) is 69.6 cm³/mol. The lowest BCUT2D eigenvalue weighted by atomic mass is 10.1. The van der Waals surface area contributed by atoms with E-state index in [4.69, 9.17) is 4.42 Å². The first-order valence-electron chi connectivity index (χ1n) is 5.72. The third kappa shape index (κ3) is 2.12. The smallest absolute Gasteiger partial charge is 0.295 e. The van der Waals surface area contributed by atoms with Gasteiger partial charge in [-0.3, -0.25) is 10.1 Å². The lowest BCUT2D eigenvalue weighted by molar-refractivity contribution is -0.384. The minimum Gasteiger partial charge on any atom is -0.423 e. The number of benzene rings is 1. The van der Waals surface area contributed by atoms with Gasteiger partial charge in [0.25, 0.3) is 5.69 Å². The number of nitro groups is 1. The maximum absolute atomic E-state index is 11.0. The van der Waals surface area contributed by atoms with E-state index in [2.05, 4.69) is 15.2 Å². The van der Waals surface area contributed by atoms with E-state index >= 15 is 0 Å². The summed E-state index contributed by atoms with van der Waals surface area (Å²) >= 11 is 0. The lowest BCUT2D eigenvalue weighted by Crippen LogP contribution is -1.94. The Morgan fingerprint density at radius 3 is 2.75 bits per heavy atom. The minimum absolute atomic E-state index is 0.0461. The van der Waals surface area contributed by atoms with Gasteiger partial charge >= 0.3 is 0 Å². The molecule has 0 saturated carbocycles. The Labute approximate surface area is 113 Å². The number of aromatic nitrogens is 3. The van der Waals surface area contributed by atoms with Crippen molar-refractivity contribution in [3.63, 3.8) is 0 Å². The third-order valence-electron chi connectivity index (χ3n) is 2.73. The summed E-state index contributed by atoms with van der Waals surface area (Å²) in [4.78, 5) is 14.7. The molecule has 0 bridgehead atoms. The van der Waals surface area contributed by atoms with Gasteiger partial charge in [0.1, 0.15) is 5.69 Å². The first-order chi connectivity index (χ1) is 9.75. The second kappa shape index (κ2) is 4.88. The molecule has 20 heavy (non-hydrogen) atoms. The molecule has 0 radical (unpaired) electrons. The van der Waals surface area contributed by atoms with Crippen LogP contribution >= 0.6 is 0 Å². The zero-order chi connectivity index (χ0) is 13.9. The Morgan fingerprint density at radius 1 is 1.15 bits per heavy atom. The molecule has 0 unspecified atom stereocenters. The Morgan fingerprint density at radius 2 is 2.00 bits per heavy atom. The SMILES string of the molecule is O=[N+]([O-])c1cccnc1-c1cccc(-c2nnco2)c1. The van der Waals surface area contributed by atoms with Crippen LogP contribution < -0.4 is 0 Å². The van der Waals surface area contributed by atoms with E-state index in [1.165, 1.54) is 24.7 Å². The number of hydrogen-bond acceptors (Lipinski definition) is 6. The molecule has 3 aromatic rings. The molecule has 98 valence electrons. The fraction of sp³-hybridized carbons (Fsp3) is 0. The normalized spacial score (nSPS) is 10.4. The van der Waals surface area contributed by atoms with Gasteiger partial charge in [-0.05, 0) is 18.2 Å². The molecule has 0 N–H and O–H groups in total. The Balaban J connectivity index is 2.12. The molecule has 0 aliphatic carbocycles. The van der Waals surface area contributed by atoms with Gasteiger partial charge < -0.3 is 4.42 Å². The molecular weight excluding hydrogens is 260 g/mol. The largest absolute Gasteiger partial charge is 0.423 e. The quantitative estimate of drug-likeness (QED) is 0.535. The topological polar surface area (TPSA) is 95.0 Å². The summed E-state index contributed by atoms with van der Waals surface area (Å²) < 4.78 is 5.11. The molecule has 3 rings (SSSR count). The molecule has 0 spiro atoms. The van der Waals surface area contributed by atoms with Crippen LogP contribution in [-0.2, 0) is 0 Å². The summed E-state index contributed by atoms with van der Waals surface area (Å²) in [6.07, 6.45) is 2.74. The van der Waals surface area contributed by atoms with Crippen molar-refractivity contribution in [2.45, 2.75) is 0 Å². The Kier molecular flexibility index (Phi) is 2.92. The molecule has 7 nitrogen and oxygen atoms in total.